The van der Waals surface area contributed by atoms with Gasteiger partial charge in [0.15, 0.2) is 5.69 Å². The molecule has 1 unspecified atom stereocenters. The number of aromatic nitrogens is 2. The van der Waals surface area contributed by atoms with Crippen LogP contribution >= 0.6 is 0 Å². The van der Waals surface area contributed by atoms with Crippen molar-refractivity contribution < 1.29 is 31.1 Å². The topological polar surface area (TPSA) is 64.0 Å². The average molecular weight is 377 g/mol. The van der Waals surface area contributed by atoms with Crippen molar-refractivity contribution >= 4 is 11.9 Å². The Morgan fingerprint density at radius 1 is 1.00 bits per heavy atom. The Labute approximate surface area is 141 Å². The van der Waals surface area contributed by atoms with Gasteiger partial charge in [-0.1, -0.05) is 12.1 Å². The van der Waals surface area contributed by atoms with Crippen LogP contribution in [0.4, 0.5) is 32.3 Å². The first-order valence-electron chi connectivity index (χ1n) is 7.14. The molecular formula is C15H9F6N3O2. The van der Waals surface area contributed by atoms with Gasteiger partial charge in [0.25, 0.3) is 5.56 Å². The summed E-state index contributed by atoms with van der Waals surface area (Å²) in [5.41, 5.74) is -3.11. The normalized spacial score (nSPS) is 17.2. The highest BCUT2D eigenvalue weighted by Gasteiger charge is 2.38. The maximum absolute atomic E-state index is 12.7. The molecule has 1 atom stereocenters. The van der Waals surface area contributed by atoms with Gasteiger partial charge in [-0.2, -0.15) is 26.3 Å². The number of halogens is 6. The molecule has 1 N–H and O–H groups in total. The first-order chi connectivity index (χ1) is 12.0. The van der Waals surface area contributed by atoms with Crippen molar-refractivity contribution in [2.45, 2.75) is 24.8 Å². The summed E-state index contributed by atoms with van der Waals surface area (Å²) in [7, 11) is 0. The SMILES string of the molecule is O=C1Nc2nc(C(F)(F)F)cc(=O)n2C1Cc1ccc(C(F)(F)F)cc1. The molecule has 1 aromatic carbocycles. The molecule has 0 fully saturated rings. The zero-order valence-electron chi connectivity index (χ0n) is 12.6. The van der Waals surface area contributed by atoms with E-state index in [-0.39, 0.29) is 12.5 Å². The van der Waals surface area contributed by atoms with E-state index in [1.54, 1.807) is 0 Å². The molecule has 0 radical (unpaired) electrons. The van der Waals surface area contributed by atoms with E-state index in [1.165, 1.54) is 0 Å². The molecule has 0 spiro atoms. The van der Waals surface area contributed by atoms with Crippen LogP contribution in [0.25, 0.3) is 0 Å². The van der Waals surface area contributed by atoms with Gasteiger partial charge in [0, 0.05) is 12.5 Å². The fourth-order valence-corrected chi connectivity index (χ4v) is 2.57. The first-order valence-corrected chi connectivity index (χ1v) is 7.14. The Balaban J connectivity index is 1.92. The molecule has 1 aliphatic rings. The third-order valence-corrected chi connectivity index (χ3v) is 3.80. The Kier molecular flexibility index (Phi) is 4.04. The second kappa shape index (κ2) is 5.85. The number of carbonyl (C=O) groups excluding carboxylic acids is 1. The highest BCUT2D eigenvalue weighted by Crippen LogP contribution is 2.32. The molecule has 0 aliphatic carbocycles. The smallest absolute Gasteiger partial charge is 0.294 e. The van der Waals surface area contributed by atoms with E-state index in [1.807, 2.05) is 0 Å². The van der Waals surface area contributed by atoms with Crippen molar-refractivity contribution in [1.29, 1.82) is 0 Å². The lowest BCUT2D eigenvalue weighted by atomic mass is 10.0. The predicted molar refractivity (Wildman–Crippen MR) is 76.3 cm³/mol. The Morgan fingerprint density at radius 2 is 1.62 bits per heavy atom. The molecular weight excluding hydrogens is 368 g/mol. The molecule has 0 saturated carbocycles. The highest BCUT2D eigenvalue weighted by molar-refractivity contribution is 5.96. The van der Waals surface area contributed by atoms with E-state index in [0.29, 0.717) is 5.56 Å². The van der Waals surface area contributed by atoms with Gasteiger partial charge in [-0.05, 0) is 17.7 Å². The summed E-state index contributed by atoms with van der Waals surface area (Å²) in [6, 6.07) is 2.97. The number of nitrogens with zero attached hydrogens (tertiary/aromatic N) is 2. The van der Waals surface area contributed by atoms with Gasteiger partial charge >= 0.3 is 12.4 Å². The van der Waals surface area contributed by atoms with Crippen LogP contribution in [0.5, 0.6) is 0 Å². The third-order valence-electron chi connectivity index (χ3n) is 3.80. The number of nitrogens with one attached hydrogen (secondary N) is 1. The number of fused-ring (bicyclic) bond motifs is 1. The zero-order chi connectivity index (χ0) is 19.3. The van der Waals surface area contributed by atoms with Crippen LogP contribution in [0.3, 0.4) is 0 Å². The van der Waals surface area contributed by atoms with Crippen molar-refractivity contribution in [1.82, 2.24) is 9.55 Å². The quantitative estimate of drug-likeness (QED) is 0.819. The van der Waals surface area contributed by atoms with E-state index in [9.17, 15) is 35.9 Å². The largest absolute Gasteiger partial charge is 0.433 e. The summed E-state index contributed by atoms with van der Waals surface area (Å²) in [6.07, 6.45) is -9.56. The van der Waals surface area contributed by atoms with Crippen LogP contribution in [0.2, 0.25) is 0 Å². The molecule has 1 amide bonds. The van der Waals surface area contributed by atoms with E-state index < -0.39 is 47.1 Å². The molecule has 0 saturated heterocycles. The number of anilines is 1. The van der Waals surface area contributed by atoms with Crippen LogP contribution in [0, 0.1) is 0 Å². The number of hydrogen-bond acceptors (Lipinski definition) is 3. The Hall–Kier alpha value is -2.85. The van der Waals surface area contributed by atoms with E-state index in [4.69, 9.17) is 0 Å². The maximum Gasteiger partial charge on any atom is 0.433 e. The van der Waals surface area contributed by atoms with Crippen molar-refractivity contribution in [3.8, 4) is 0 Å². The summed E-state index contributed by atoms with van der Waals surface area (Å²) < 4.78 is 76.5. The van der Waals surface area contributed by atoms with Crippen LogP contribution in [0.15, 0.2) is 35.1 Å². The van der Waals surface area contributed by atoms with Crippen LogP contribution in [-0.2, 0) is 23.6 Å². The van der Waals surface area contributed by atoms with Gasteiger partial charge in [0.2, 0.25) is 11.9 Å². The van der Waals surface area contributed by atoms with Gasteiger partial charge in [0.05, 0.1) is 5.56 Å². The molecule has 0 bridgehead atoms. The average Bonchev–Trinajstić information content (AvgIpc) is 2.82. The third kappa shape index (κ3) is 3.28. The molecule has 3 rings (SSSR count). The van der Waals surface area contributed by atoms with Crippen LogP contribution < -0.4 is 10.9 Å². The van der Waals surface area contributed by atoms with Crippen molar-refractivity contribution in [2.75, 3.05) is 5.32 Å². The minimum absolute atomic E-state index is 0.177. The lowest BCUT2D eigenvalue weighted by Crippen LogP contribution is -2.27. The summed E-state index contributed by atoms with van der Waals surface area (Å²) in [5, 5.41) is 2.09. The number of amides is 1. The van der Waals surface area contributed by atoms with Gasteiger partial charge in [-0.15, -0.1) is 0 Å². The summed E-state index contributed by atoms with van der Waals surface area (Å²) in [4.78, 5) is 27.2. The molecule has 2 heterocycles. The summed E-state index contributed by atoms with van der Waals surface area (Å²) in [5.74, 6) is -1.32. The van der Waals surface area contributed by atoms with Crippen molar-refractivity contribution in [2.24, 2.45) is 0 Å². The van der Waals surface area contributed by atoms with Crippen molar-refractivity contribution in [3.05, 3.63) is 57.5 Å². The van der Waals surface area contributed by atoms with Crippen LogP contribution in [-0.4, -0.2) is 15.5 Å². The number of benzene rings is 1. The van der Waals surface area contributed by atoms with E-state index in [2.05, 4.69) is 10.3 Å². The minimum atomic E-state index is -4.86. The zero-order valence-corrected chi connectivity index (χ0v) is 12.6. The summed E-state index contributed by atoms with van der Waals surface area (Å²) >= 11 is 0. The second-order valence-electron chi connectivity index (χ2n) is 5.57. The summed E-state index contributed by atoms with van der Waals surface area (Å²) in [6.45, 7) is 0. The predicted octanol–water partition coefficient (Wildman–Crippen LogP) is 3.02. The Morgan fingerprint density at radius 3 is 2.15 bits per heavy atom. The first kappa shape index (κ1) is 18.0. The fraction of sp³-hybridized carbons (Fsp3) is 0.267. The fourth-order valence-electron chi connectivity index (χ4n) is 2.57. The monoisotopic (exact) mass is 377 g/mol. The minimum Gasteiger partial charge on any atom is -0.294 e. The molecule has 5 nitrogen and oxygen atoms in total. The molecule has 138 valence electrons. The van der Waals surface area contributed by atoms with E-state index in [0.717, 1.165) is 28.8 Å². The molecule has 11 heteroatoms. The van der Waals surface area contributed by atoms with Gasteiger partial charge in [-0.25, -0.2) is 4.98 Å². The number of hydrogen-bond donors (Lipinski definition) is 1. The lowest BCUT2D eigenvalue weighted by molar-refractivity contribution is -0.141. The van der Waals surface area contributed by atoms with Gasteiger partial charge < -0.3 is 0 Å². The van der Waals surface area contributed by atoms with Gasteiger partial charge in [0.1, 0.15) is 6.04 Å². The van der Waals surface area contributed by atoms with Gasteiger partial charge in [-0.3, -0.25) is 19.5 Å². The molecule has 1 aliphatic heterocycles. The lowest BCUT2D eigenvalue weighted by Gasteiger charge is -2.13. The maximum atomic E-state index is 12.7. The number of rotatable bonds is 2. The standard InChI is InChI=1S/C15H9F6N3O2/c16-14(17,18)8-3-1-7(2-4-8)5-9-12(26)23-13-22-10(15(19,20)21)6-11(25)24(9)13/h1-4,6,9H,5H2,(H,22,23,26). The number of carbonyl (C=O) groups is 1. The Bertz CT molecular complexity index is 915. The van der Waals surface area contributed by atoms with Crippen LogP contribution in [0.1, 0.15) is 22.9 Å². The second-order valence-corrected chi connectivity index (χ2v) is 5.57. The number of alkyl halides is 6. The highest BCUT2D eigenvalue weighted by atomic mass is 19.4. The van der Waals surface area contributed by atoms with E-state index >= 15 is 0 Å². The molecule has 26 heavy (non-hydrogen) atoms. The molecule has 2 aromatic rings. The van der Waals surface area contributed by atoms with Crippen molar-refractivity contribution in [3.63, 3.8) is 0 Å². The molecule has 1 aromatic heterocycles.